The van der Waals surface area contributed by atoms with Crippen LogP contribution in [0.3, 0.4) is 0 Å². The van der Waals surface area contributed by atoms with Gasteiger partial charge in [0.1, 0.15) is 10.8 Å². The first kappa shape index (κ1) is 19.2. The van der Waals surface area contributed by atoms with Crippen LogP contribution in [0.2, 0.25) is 5.02 Å². The number of carbonyl (C=O) groups is 3. The van der Waals surface area contributed by atoms with E-state index >= 15 is 0 Å². The minimum absolute atomic E-state index is 0.347. The summed E-state index contributed by atoms with van der Waals surface area (Å²) < 4.78 is 10.1. The monoisotopic (exact) mass is 408 g/mol. The number of rotatable bonds is 7. The van der Waals surface area contributed by atoms with E-state index in [9.17, 15) is 14.4 Å². The Morgan fingerprint density at radius 2 is 1.96 bits per heavy atom. The number of primary amides is 1. The highest BCUT2D eigenvalue weighted by molar-refractivity contribution is 7.17. The summed E-state index contributed by atoms with van der Waals surface area (Å²) in [7, 11) is 0. The average molecular weight is 409 g/mol. The van der Waals surface area contributed by atoms with Gasteiger partial charge in [-0.3, -0.25) is 9.59 Å². The van der Waals surface area contributed by atoms with Crippen LogP contribution in [0.5, 0.6) is 5.75 Å². The largest absolute Gasteiger partial charge is 0.480 e. The van der Waals surface area contributed by atoms with Gasteiger partial charge in [-0.25, -0.2) is 4.79 Å². The smallest absolute Gasteiger partial charge is 0.344 e. The van der Waals surface area contributed by atoms with Crippen molar-refractivity contribution >= 4 is 45.7 Å². The number of thiophene rings is 1. The van der Waals surface area contributed by atoms with Crippen LogP contribution in [0.1, 0.15) is 27.2 Å². The van der Waals surface area contributed by atoms with E-state index in [1.54, 1.807) is 24.3 Å². The van der Waals surface area contributed by atoms with Crippen LogP contribution < -0.4 is 15.8 Å². The number of ether oxygens (including phenoxy) is 2. The highest BCUT2D eigenvalue weighted by Gasteiger charge is 2.26. The van der Waals surface area contributed by atoms with Crippen LogP contribution in [-0.2, 0) is 27.2 Å². The number of hydrogen-bond donors (Lipinski definition) is 2. The Morgan fingerprint density at radius 1 is 1.19 bits per heavy atom. The molecule has 3 N–H and O–H groups in total. The van der Waals surface area contributed by atoms with E-state index in [0.717, 1.165) is 29.7 Å². The van der Waals surface area contributed by atoms with E-state index in [0.29, 0.717) is 21.3 Å². The van der Waals surface area contributed by atoms with E-state index in [2.05, 4.69) is 5.32 Å². The molecule has 9 heteroatoms. The third-order valence-electron chi connectivity index (χ3n) is 3.97. The SMILES string of the molecule is NC(=O)c1c(NC(=O)COC(=O)COc2ccccc2Cl)sc2c1CCC2. The molecule has 0 aliphatic heterocycles. The first-order valence-electron chi connectivity index (χ1n) is 8.23. The molecule has 1 aromatic carbocycles. The van der Waals surface area contributed by atoms with Crippen molar-refractivity contribution in [2.45, 2.75) is 19.3 Å². The van der Waals surface area contributed by atoms with Crippen molar-refractivity contribution in [1.82, 2.24) is 0 Å². The van der Waals surface area contributed by atoms with Crippen molar-refractivity contribution in [2.75, 3.05) is 18.5 Å². The molecular formula is C18H17ClN2O5S. The van der Waals surface area contributed by atoms with E-state index in [4.69, 9.17) is 26.8 Å². The molecule has 0 unspecified atom stereocenters. The number of aryl methyl sites for hydroxylation is 1. The van der Waals surface area contributed by atoms with Gasteiger partial charge in [-0.05, 0) is 37.0 Å². The van der Waals surface area contributed by atoms with Crippen molar-refractivity contribution in [1.29, 1.82) is 0 Å². The predicted octanol–water partition coefficient (Wildman–Crippen LogP) is 2.55. The van der Waals surface area contributed by atoms with Crippen LogP contribution >= 0.6 is 22.9 Å². The number of esters is 1. The molecule has 1 heterocycles. The van der Waals surface area contributed by atoms with E-state index < -0.39 is 24.4 Å². The molecule has 2 aromatic rings. The highest BCUT2D eigenvalue weighted by atomic mass is 35.5. The lowest BCUT2D eigenvalue weighted by atomic mass is 10.1. The molecule has 0 radical (unpaired) electrons. The first-order valence-corrected chi connectivity index (χ1v) is 9.42. The van der Waals surface area contributed by atoms with E-state index in [1.165, 1.54) is 11.3 Å². The standard InChI is InChI=1S/C18H17ClN2O5S/c19-11-5-1-2-6-12(11)25-9-15(23)26-8-14(22)21-18-16(17(20)24)10-4-3-7-13(10)27-18/h1-2,5-6H,3-4,7-9H2,(H2,20,24)(H,21,22). The minimum atomic E-state index is -0.714. The van der Waals surface area contributed by atoms with Crippen LogP contribution in [0.15, 0.2) is 24.3 Å². The summed E-state index contributed by atoms with van der Waals surface area (Å²) in [6, 6.07) is 6.70. The lowest BCUT2D eigenvalue weighted by Crippen LogP contribution is -2.24. The van der Waals surface area contributed by atoms with Crippen LogP contribution in [-0.4, -0.2) is 31.0 Å². The highest BCUT2D eigenvalue weighted by Crippen LogP contribution is 2.38. The summed E-state index contributed by atoms with van der Waals surface area (Å²) in [5.41, 5.74) is 6.71. The zero-order chi connectivity index (χ0) is 19.4. The predicted molar refractivity (Wildman–Crippen MR) is 101 cm³/mol. The van der Waals surface area contributed by atoms with E-state index in [1.807, 2.05) is 0 Å². The summed E-state index contributed by atoms with van der Waals surface area (Å²) in [5, 5.41) is 3.37. The molecule has 1 aromatic heterocycles. The third-order valence-corrected chi connectivity index (χ3v) is 5.49. The van der Waals surface area contributed by atoms with Crippen LogP contribution in [0, 0.1) is 0 Å². The zero-order valence-corrected chi connectivity index (χ0v) is 15.8. The van der Waals surface area contributed by atoms with Gasteiger partial charge < -0.3 is 20.5 Å². The van der Waals surface area contributed by atoms with Crippen molar-refractivity contribution in [3.63, 3.8) is 0 Å². The molecule has 7 nitrogen and oxygen atoms in total. The summed E-state index contributed by atoms with van der Waals surface area (Å²) >= 11 is 7.26. The van der Waals surface area contributed by atoms with Gasteiger partial charge in [-0.1, -0.05) is 23.7 Å². The Kier molecular flexibility index (Phi) is 5.98. The Bertz CT molecular complexity index is 896. The maximum atomic E-state index is 12.1. The van der Waals surface area contributed by atoms with Gasteiger partial charge in [0.05, 0.1) is 10.6 Å². The molecule has 0 saturated heterocycles. The summed E-state index contributed by atoms with van der Waals surface area (Å²) in [4.78, 5) is 36.5. The molecule has 1 aliphatic carbocycles. The third kappa shape index (κ3) is 4.58. The fraction of sp³-hybridized carbons (Fsp3) is 0.278. The van der Waals surface area contributed by atoms with Crippen LogP contribution in [0.4, 0.5) is 5.00 Å². The minimum Gasteiger partial charge on any atom is -0.480 e. The van der Waals surface area contributed by atoms with Crippen LogP contribution in [0.25, 0.3) is 0 Å². The first-order chi connectivity index (χ1) is 13.0. The molecule has 0 atom stereocenters. The summed E-state index contributed by atoms with van der Waals surface area (Å²) in [5.74, 6) is -1.49. The molecule has 0 saturated carbocycles. The maximum Gasteiger partial charge on any atom is 0.344 e. The zero-order valence-electron chi connectivity index (χ0n) is 14.2. The van der Waals surface area contributed by atoms with E-state index in [-0.39, 0.29) is 6.61 Å². The Labute approximate surface area is 164 Å². The summed E-state index contributed by atoms with van der Waals surface area (Å²) in [6.07, 6.45) is 2.61. The molecule has 2 amide bonds. The summed E-state index contributed by atoms with van der Waals surface area (Å²) in [6.45, 7) is -0.873. The second-order valence-corrected chi connectivity index (χ2v) is 7.37. The van der Waals surface area contributed by atoms with Crippen molar-refractivity contribution < 1.29 is 23.9 Å². The molecule has 1 aliphatic rings. The number of fused-ring (bicyclic) bond motifs is 1. The fourth-order valence-electron chi connectivity index (χ4n) is 2.80. The van der Waals surface area contributed by atoms with Gasteiger partial charge in [0.15, 0.2) is 13.2 Å². The molecule has 0 spiro atoms. The number of nitrogens with two attached hydrogens (primary N) is 1. The number of nitrogens with one attached hydrogen (secondary N) is 1. The Balaban J connectivity index is 1.51. The normalized spacial score (nSPS) is 12.3. The number of benzene rings is 1. The number of amides is 2. The average Bonchev–Trinajstić information content (AvgIpc) is 3.19. The maximum absolute atomic E-state index is 12.1. The topological polar surface area (TPSA) is 108 Å². The van der Waals surface area contributed by atoms with Crippen molar-refractivity contribution in [3.05, 3.63) is 45.3 Å². The van der Waals surface area contributed by atoms with Gasteiger partial charge in [0, 0.05) is 4.88 Å². The molecule has 0 bridgehead atoms. The van der Waals surface area contributed by atoms with Gasteiger partial charge in [0.25, 0.3) is 11.8 Å². The molecule has 0 fully saturated rings. The van der Waals surface area contributed by atoms with Gasteiger partial charge >= 0.3 is 5.97 Å². The van der Waals surface area contributed by atoms with Gasteiger partial charge in [-0.2, -0.15) is 0 Å². The lowest BCUT2D eigenvalue weighted by molar-refractivity contribution is -0.149. The molecule has 27 heavy (non-hydrogen) atoms. The van der Waals surface area contributed by atoms with Crippen molar-refractivity contribution in [2.24, 2.45) is 5.73 Å². The second kappa shape index (κ2) is 8.41. The van der Waals surface area contributed by atoms with Gasteiger partial charge in [-0.15, -0.1) is 11.3 Å². The fourth-order valence-corrected chi connectivity index (χ4v) is 4.30. The second-order valence-electron chi connectivity index (χ2n) is 5.85. The lowest BCUT2D eigenvalue weighted by Gasteiger charge is -2.09. The molecular weight excluding hydrogens is 392 g/mol. The molecule has 142 valence electrons. The number of anilines is 1. The Hall–Kier alpha value is -2.58. The number of para-hydroxylation sites is 1. The number of halogens is 1. The molecule has 3 rings (SSSR count). The number of hydrogen-bond acceptors (Lipinski definition) is 6. The van der Waals surface area contributed by atoms with Crippen molar-refractivity contribution in [3.8, 4) is 5.75 Å². The number of carbonyl (C=O) groups excluding carboxylic acids is 3. The quantitative estimate of drug-likeness (QED) is 0.684. The van der Waals surface area contributed by atoms with Gasteiger partial charge in [0.2, 0.25) is 0 Å². The Morgan fingerprint density at radius 3 is 2.70 bits per heavy atom.